The number of benzene rings is 2. The van der Waals surface area contributed by atoms with Crippen LogP contribution in [0.2, 0.25) is 0 Å². The Hall–Kier alpha value is -2.73. The molecule has 0 radical (unpaired) electrons. The van der Waals surface area contributed by atoms with Gasteiger partial charge in [0.05, 0.1) is 6.04 Å². The van der Waals surface area contributed by atoms with E-state index in [0.29, 0.717) is 44.2 Å². The molecule has 2 aromatic carbocycles. The van der Waals surface area contributed by atoms with Crippen LogP contribution in [0.4, 0.5) is 4.39 Å². The van der Waals surface area contributed by atoms with E-state index in [1.807, 2.05) is 0 Å². The molecule has 1 saturated carbocycles. The summed E-state index contributed by atoms with van der Waals surface area (Å²) in [5.74, 6) is 0.112. The smallest absolute Gasteiger partial charge is 0.254 e. The van der Waals surface area contributed by atoms with Gasteiger partial charge in [-0.2, -0.15) is 0 Å². The van der Waals surface area contributed by atoms with E-state index in [4.69, 9.17) is 0 Å². The zero-order valence-electron chi connectivity index (χ0n) is 19.1. The van der Waals surface area contributed by atoms with Crippen molar-refractivity contribution in [3.8, 4) is 0 Å². The average molecular weight is 450 g/mol. The van der Waals surface area contributed by atoms with Gasteiger partial charge in [-0.25, -0.2) is 4.39 Å². The van der Waals surface area contributed by atoms with E-state index < -0.39 is 5.82 Å². The third-order valence-corrected chi connectivity index (χ3v) is 7.61. The zero-order valence-corrected chi connectivity index (χ0v) is 19.1. The number of hydrogen-bond acceptors (Lipinski definition) is 3. The number of fused-ring (bicyclic) bond motifs is 1. The van der Waals surface area contributed by atoms with Gasteiger partial charge in [-0.3, -0.25) is 14.5 Å². The first-order valence-corrected chi connectivity index (χ1v) is 12.2. The normalized spacial score (nSPS) is 20.5. The molecule has 2 fully saturated rings. The fourth-order valence-corrected chi connectivity index (χ4v) is 5.81. The number of rotatable bonds is 4. The summed E-state index contributed by atoms with van der Waals surface area (Å²) in [7, 11) is 0. The van der Waals surface area contributed by atoms with Crippen LogP contribution >= 0.6 is 0 Å². The minimum absolute atomic E-state index is 0.107. The van der Waals surface area contributed by atoms with Crippen molar-refractivity contribution in [1.82, 2.24) is 14.7 Å². The fourth-order valence-electron chi connectivity index (χ4n) is 5.81. The van der Waals surface area contributed by atoms with Crippen LogP contribution in [0.1, 0.15) is 47.2 Å². The lowest BCUT2D eigenvalue weighted by atomic mass is 9.92. The predicted octanol–water partition coefficient (Wildman–Crippen LogP) is 3.73. The van der Waals surface area contributed by atoms with Crippen LogP contribution in [0.3, 0.4) is 0 Å². The molecule has 2 amide bonds. The highest BCUT2D eigenvalue weighted by Gasteiger charge is 2.40. The van der Waals surface area contributed by atoms with Crippen molar-refractivity contribution in [2.45, 2.75) is 44.7 Å². The molecule has 2 heterocycles. The maximum absolute atomic E-state index is 13.8. The molecule has 2 aromatic rings. The summed E-state index contributed by atoms with van der Waals surface area (Å²) in [5.41, 5.74) is 3.00. The van der Waals surface area contributed by atoms with Crippen LogP contribution < -0.4 is 0 Å². The van der Waals surface area contributed by atoms with E-state index in [9.17, 15) is 14.0 Å². The lowest BCUT2D eigenvalue weighted by Gasteiger charge is -2.43. The van der Waals surface area contributed by atoms with Crippen LogP contribution in [-0.2, 0) is 17.8 Å². The predicted molar refractivity (Wildman–Crippen MR) is 125 cm³/mol. The number of carbonyl (C=O) groups is 2. The Balaban J connectivity index is 1.28. The topological polar surface area (TPSA) is 43.9 Å². The number of nitrogens with zero attached hydrogens (tertiary/aromatic N) is 3. The summed E-state index contributed by atoms with van der Waals surface area (Å²) in [6, 6.07) is 14.2. The maximum Gasteiger partial charge on any atom is 0.254 e. The lowest BCUT2D eigenvalue weighted by molar-refractivity contribution is -0.141. The monoisotopic (exact) mass is 449 g/mol. The highest BCUT2D eigenvalue weighted by atomic mass is 19.1. The van der Waals surface area contributed by atoms with Crippen molar-refractivity contribution < 1.29 is 14.0 Å². The molecule has 5 nitrogen and oxygen atoms in total. The van der Waals surface area contributed by atoms with Gasteiger partial charge in [0.15, 0.2) is 0 Å². The van der Waals surface area contributed by atoms with E-state index in [1.165, 1.54) is 36.1 Å². The summed E-state index contributed by atoms with van der Waals surface area (Å²) in [5, 5.41) is 0. The molecule has 2 aliphatic heterocycles. The largest absolute Gasteiger partial charge is 0.337 e. The molecule has 1 aliphatic carbocycles. The average Bonchev–Trinajstić information content (AvgIpc) is 3.38. The Morgan fingerprint density at radius 3 is 2.30 bits per heavy atom. The Labute approximate surface area is 195 Å². The highest BCUT2D eigenvalue weighted by Crippen LogP contribution is 2.33. The number of carbonyl (C=O) groups excluding carboxylic acids is 2. The SMILES string of the molecule is O=C(c1cccc(F)c1)N1CCN(C(C(=O)N2CCc3ccccc3C2)C2CCCC2)CC1. The van der Waals surface area contributed by atoms with Crippen molar-refractivity contribution in [3.63, 3.8) is 0 Å². The van der Waals surface area contributed by atoms with E-state index in [2.05, 4.69) is 34.1 Å². The summed E-state index contributed by atoms with van der Waals surface area (Å²) in [6.45, 7) is 3.95. The fraction of sp³-hybridized carbons (Fsp3) is 0.481. The van der Waals surface area contributed by atoms with Gasteiger partial charge in [0.25, 0.3) is 5.91 Å². The molecule has 5 rings (SSSR count). The second-order valence-corrected chi connectivity index (χ2v) is 9.61. The molecule has 1 saturated heterocycles. The number of amides is 2. The molecular formula is C27H32FN3O2. The van der Waals surface area contributed by atoms with Crippen molar-refractivity contribution in [3.05, 3.63) is 71.0 Å². The van der Waals surface area contributed by atoms with Crippen molar-refractivity contribution in [1.29, 1.82) is 0 Å². The summed E-state index contributed by atoms with van der Waals surface area (Å²) in [4.78, 5) is 32.8. The molecule has 1 atom stereocenters. The maximum atomic E-state index is 13.8. The summed E-state index contributed by atoms with van der Waals surface area (Å²) in [6.07, 6.45) is 5.49. The first kappa shape index (κ1) is 22.1. The first-order valence-electron chi connectivity index (χ1n) is 12.2. The highest BCUT2D eigenvalue weighted by molar-refractivity contribution is 5.94. The second kappa shape index (κ2) is 9.64. The van der Waals surface area contributed by atoms with E-state index >= 15 is 0 Å². The molecule has 6 heteroatoms. The van der Waals surface area contributed by atoms with Crippen LogP contribution in [0, 0.1) is 11.7 Å². The van der Waals surface area contributed by atoms with Crippen LogP contribution in [-0.4, -0.2) is 65.3 Å². The van der Waals surface area contributed by atoms with Crippen molar-refractivity contribution >= 4 is 11.8 Å². The summed E-state index contributed by atoms with van der Waals surface area (Å²) >= 11 is 0. The Bertz CT molecular complexity index is 1010. The molecule has 1 unspecified atom stereocenters. The molecule has 0 bridgehead atoms. The van der Waals surface area contributed by atoms with Crippen molar-refractivity contribution in [2.24, 2.45) is 5.92 Å². The molecule has 174 valence electrons. The quantitative estimate of drug-likeness (QED) is 0.715. The molecule has 0 aromatic heterocycles. The Morgan fingerprint density at radius 2 is 1.58 bits per heavy atom. The lowest BCUT2D eigenvalue weighted by Crippen LogP contribution is -2.58. The molecule has 3 aliphatic rings. The third kappa shape index (κ3) is 4.67. The Morgan fingerprint density at radius 1 is 0.848 bits per heavy atom. The van der Waals surface area contributed by atoms with Crippen LogP contribution in [0.15, 0.2) is 48.5 Å². The standard InChI is InChI=1S/C27H32FN3O2/c28-24-11-5-10-22(18-24)26(32)30-16-14-29(15-17-30)25(21-7-2-3-8-21)27(33)31-13-12-20-6-1-4-9-23(20)19-31/h1,4-6,9-11,18,21,25H,2-3,7-8,12-17,19H2. The van der Waals surface area contributed by atoms with E-state index in [1.54, 1.807) is 17.0 Å². The van der Waals surface area contributed by atoms with Crippen LogP contribution in [0.5, 0.6) is 0 Å². The van der Waals surface area contributed by atoms with Crippen LogP contribution in [0.25, 0.3) is 0 Å². The van der Waals surface area contributed by atoms with Gasteiger partial charge in [0.2, 0.25) is 5.91 Å². The molecule has 33 heavy (non-hydrogen) atoms. The number of piperazine rings is 1. The summed E-state index contributed by atoms with van der Waals surface area (Å²) < 4.78 is 13.6. The Kier molecular flexibility index (Phi) is 6.45. The van der Waals surface area contributed by atoms with Gasteiger partial charge in [-0.1, -0.05) is 43.2 Å². The van der Waals surface area contributed by atoms with Gasteiger partial charge in [0.1, 0.15) is 5.82 Å². The zero-order chi connectivity index (χ0) is 22.8. The molecular weight excluding hydrogens is 417 g/mol. The van der Waals surface area contributed by atoms with Crippen molar-refractivity contribution in [2.75, 3.05) is 32.7 Å². The van der Waals surface area contributed by atoms with Gasteiger partial charge in [-0.15, -0.1) is 0 Å². The molecule has 0 N–H and O–H groups in total. The minimum atomic E-state index is -0.394. The third-order valence-electron chi connectivity index (χ3n) is 7.61. The minimum Gasteiger partial charge on any atom is -0.337 e. The van der Waals surface area contributed by atoms with E-state index in [-0.39, 0.29) is 17.9 Å². The van der Waals surface area contributed by atoms with Gasteiger partial charge in [0, 0.05) is 44.8 Å². The first-order chi connectivity index (χ1) is 16.1. The second-order valence-electron chi connectivity index (χ2n) is 9.61. The number of halogens is 1. The van der Waals surface area contributed by atoms with E-state index in [0.717, 1.165) is 25.8 Å². The van der Waals surface area contributed by atoms with Gasteiger partial charge in [-0.05, 0) is 54.5 Å². The number of hydrogen-bond donors (Lipinski definition) is 0. The molecule has 0 spiro atoms. The van der Waals surface area contributed by atoms with Gasteiger partial charge < -0.3 is 9.80 Å². The van der Waals surface area contributed by atoms with Gasteiger partial charge >= 0.3 is 0 Å².